The van der Waals surface area contributed by atoms with Gasteiger partial charge in [-0.05, 0) is 26.8 Å². The number of hydrogen-bond acceptors (Lipinski definition) is 3. The summed E-state index contributed by atoms with van der Waals surface area (Å²) in [4.78, 5) is 16.6. The summed E-state index contributed by atoms with van der Waals surface area (Å²) < 4.78 is 1.44. The molecular weight excluding hydrogens is 315 g/mol. The average molecular weight is 329 g/mol. The van der Waals surface area contributed by atoms with Crippen LogP contribution in [0, 0.1) is 0 Å². The molecule has 6 nitrogen and oxygen atoms in total. The first-order valence-corrected chi connectivity index (χ1v) is 6.85. The van der Waals surface area contributed by atoms with Crippen molar-refractivity contribution in [2.24, 2.45) is 0 Å². The topological polar surface area (TPSA) is 71.2 Å². The van der Waals surface area contributed by atoms with Crippen LogP contribution in [0.15, 0.2) is 24.7 Å². The second-order valence-electron chi connectivity index (χ2n) is 5.40. The van der Waals surface area contributed by atoms with Gasteiger partial charge in [0.2, 0.25) is 0 Å². The normalized spacial score (nSPS) is 11.5. The zero-order valence-corrected chi connectivity index (χ0v) is 13.2. The average Bonchev–Trinajstić information content (AvgIpc) is 2.69. The van der Waals surface area contributed by atoms with Crippen molar-refractivity contribution >= 4 is 35.0 Å². The van der Waals surface area contributed by atoms with Gasteiger partial charge in [-0.15, -0.1) is 0 Å². The monoisotopic (exact) mass is 328 g/mol. The lowest BCUT2D eigenvalue weighted by molar-refractivity contribution is 0.195. The number of anilines is 1. The zero-order valence-electron chi connectivity index (χ0n) is 11.7. The van der Waals surface area contributed by atoms with Gasteiger partial charge in [0.15, 0.2) is 5.15 Å². The molecule has 2 aromatic rings. The fourth-order valence-electron chi connectivity index (χ4n) is 1.90. The predicted octanol–water partition coefficient (Wildman–Crippen LogP) is 3.86. The van der Waals surface area contributed by atoms with Crippen LogP contribution in [-0.4, -0.2) is 31.5 Å². The lowest BCUT2D eigenvalue weighted by Crippen LogP contribution is -2.45. The number of rotatable bonds is 2. The molecular formula is C13H14Cl2N4O2. The van der Waals surface area contributed by atoms with E-state index in [0.717, 1.165) is 4.90 Å². The van der Waals surface area contributed by atoms with Crippen molar-refractivity contribution in [2.75, 3.05) is 4.90 Å². The van der Waals surface area contributed by atoms with Crippen molar-refractivity contribution in [2.45, 2.75) is 26.3 Å². The van der Waals surface area contributed by atoms with Crippen LogP contribution in [0.5, 0.6) is 0 Å². The van der Waals surface area contributed by atoms with Crippen LogP contribution in [0.3, 0.4) is 0 Å². The highest BCUT2D eigenvalue weighted by molar-refractivity contribution is 6.32. The Morgan fingerprint density at radius 1 is 1.33 bits per heavy atom. The molecule has 112 valence electrons. The van der Waals surface area contributed by atoms with Crippen LogP contribution in [0.1, 0.15) is 20.8 Å². The Morgan fingerprint density at radius 3 is 2.52 bits per heavy atom. The molecule has 0 aromatic carbocycles. The smallest absolute Gasteiger partial charge is 0.412 e. The Morgan fingerprint density at radius 2 is 2.00 bits per heavy atom. The van der Waals surface area contributed by atoms with Crippen molar-refractivity contribution in [1.82, 2.24) is 14.8 Å². The van der Waals surface area contributed by atoms with Crippen LogP contribution < -0.4 is 4.90 Å². The van der Waals surface area contributed by atoms with E-state index in [9.17, 15) is 9.90 Å². The molecule has 0 unspecified atom stereocenters. The molecule has 0 bridgehead atoms. The van der Waals surface area contributed by atoms with Crippen molar-refractivity contribution in [3.8, 4) is 5.69 Å². The molecule has 0 saturated heterocycles. The van der Waals surface area contributed by atoms with E-state index in [1.54, 1.807) is 33.0 Å². The molecule has 0 aliphatic rings. The molecule has 0 atom stereocenters. The van der Waals surface area contributed by atoms with Crippen molar-refractivity contribution < 1.29 is 9.90 Å². The quantitative estimate of drug-likeness (QED) is 0.908. The fourth-order valence-corrected chi connectivity index (χ4v) is 2.29. The molecule has 0 spiro atoms. The third kappa shape index (κ3) is 3.28. The van der Waals surface area contributed by atoms with Gasteiger partial charge in [-0.25, -0.2) is 9.48 Å². The molecule has 2 heterocycles. The minimum absolute atomic E-state index is 0.0901. The maximum Gasteiger partial charge on any atom is 0.412 e. The van der Waals surface area contributed by atoms with E-state index in [2.05, 4.69) is 10.1 Å². The molecule has 21 heavy (non-hydrogen) atoms. The highest BCUT2D eigenvalue weighted by Gasteiger charge is 2.31. The van der Waals surface area contributed by atoms with Gasteiger partial charge in [0, 0.05) is 11.7 Å². The summed E-state index contributed by atoms with van der Waals surface area (Å²) in [5.74, 6) is 0. The van der Waals surface area contributed by atoms with Gasteiger partial charge in [0.25, 0.3) is 0 Å². The molecule has 0 radical (unpaired) electrons. The third-order valence-corrected chi connectivity index (χ3v) is 3.19. The summed E-state index contributed by atoms with van der Waals surface area (Å²) in [6, 6.07) is 1.66. The second-order valence-corrected chi connectivity index (χ2v) is 6.19. The SMILES string of the molecule is CC(C)(C)N(C(=O)O)c1cn(-c2cncc(Cl)c2)nc1Cl. The standard InChI is InChI=1S/C13H14Cl2N4O2/c1-13(2,3)19(12(20)21)10-7-18(17-11(10)15)9-4-8(14)5-16-6-9/h4-7H,1-3H3,(H,20,21). The number of nitrogens with zero attached hydrogens (tertiary/aromatic N) is 4. The minimum atomic E-state index is -1.10. The summed E-state index contributed by atoms with van der Waals surface area (Å²) in [5.41, 5.74) is 0.238. The maximum absolute atomic E-state index is 11.5. The number of halogens is 2. The van der Waals surface area contributed by atoms with Crippen LogP contribution in [0.2, 0.25) is 10.2 Å². The van der Waals surface area contributed by atoms with Crippen LogP contribution in [0.25, 0.3) is 5.69 Å². The Balaban J connectivity index is 2.50. The van der Waals surface area contributed by atoms with E-state index < -0.39 is 11.6 Å². The maximum atomic E-state index is 11.5. The Kier molecular flexibility index (Phi) is 4.11. The van der Waals surface area contributed by atoms with Crippen LogP contribution in [-0.2, 0) is 0 Å². The second kappa shape index (κ2) is 5.54. The highest BCUT2D eigenvalue weighted by Crippen LogP contribution is 2.31. The first-order valence-electron chi connectivity index (χ1n) is 6.09. The fraction of sp³-hybridized carbons (Fsp3) is 0.308. The van der Waals surface area contributed by atoms with Crippen molar-refractivity contribution in [3.05, 3.63) is 34.8 Å². The summed E-state index contributed by atoms with van der Waals surface area (Å²) in [6.45, 7) is 5.32. The first kappa shape index (κ1) is 15.6. The molecule has 0 aliphatic heterocycles. The van der Waals surface area contributed by atoms with E-state index in [1.165, 1.54) is 17.1 Å². The number of carboxylic acid groups (broad SMARTS) is 1. The number of pyridine rings is 1. The first-order chi connectivity index (χ1) is 9.70. The van der Waals surface area contributed by atoms with Gasteiger partial charge < -0.3 is 5.11 Å². The summed E-state index contributed by atoms with van der Waals surface area (Å²) in [7, 11) is 0. The minimum Gasteiger partial charge on any atom is -0.465 e. The van der Waals surface area contributed by atoms with Gasteiger partial charge >= 0.3 is 6.09 Å². The van der Waals surface area contributed by atoms with Crippen molar-refractivity contribution in [3.63, 3.8) is 0 Å². The largest absolute Gasteiger partial charge is 0.465 e. The molecule has 0 fully saturated rings. The molecule has 0 saturated carbocycles. The zero-order chi connectivity index (χ0) is 15.8. The molecule has 0 aliphatic carbocycles. The Hall–Kier alpha value is -1.79. The van der Waals surface area contributed by atoms with Gasteiger partial charge in [0.1, 0.15) is 5.69 Å². The summed E-state index contributed by atoms with van der Waals surface area (Å²) in [6.07, 6.45) is 3.49. The van der Waals surface area contributed by atoms with E-state index in [-0.39, 0.29) is 5.15 Å². The third-order valence-electron chi connectivity index (χ3n) is 2.71. The lowest BCUT2D eigenvalue weighted by Gasteiger charge is -2.32. The van der Waals surface area contributed by atoms with E-state index in [1.807, 2.05) is 0 Å². The number of aromatic nitrogens is 3. The van der Waals surface area contributed by atoms with E-state index in [4.69, 9.17) is 23.2 Å². The van der Waals surface area contributed by atoms with Gasteiger partial charge in [-0.1, -0.05) is 23.2 Å². The highest BCUT2D eigenvalue weighted by atomic mass is 35.5. The van der Waals surface area contributed by atoms with Gasteiger partial charge in [-0.3, -0.25) is 9.88 Å². The number of hydrogen-bond donors (Lipinski definition) is 1. The van der Waals surface area contributed by atoms with Gasteiger partial charge in [0.05, 0.1) is 23.1 Å². The molecule has 1 N–H and O–H groups in total. The summed E-state index contributed by atoms with van der Waals surface area (Å²) >= 11 is 12.0. The van der Waals surface area contributed by atoms with E-state index >= 15 is 0 Å². The van der Waals surface area contributed by atoms with Crippen molar-refractivity contribution in [1.29, 1.82) is 0 Å². The van der Waals surface area contributed by atoms with Gasteiger partial charge in [-0.2, -0.15) is 5.10 Å². The number of carbonyl (C=O) groups is 1. The molecule has 8 heteroatoms. The molecule has 2 aromatic heterocycles. The molecule has 1 amide bonds. The predicted molar refractivity (Wildman–Crippen MR) is 81.6 cm³/mol. The Labute approximate surface area is 131 Å². The Bertz CT molecular complexity index is 679. The van der Waals surface area contributed by atoms with Crippen LogP contribution in [0.4, 0.5) is 10.5 Å². The van der Waals surface area contributed by atoms with Crippen LogP contribution >= 0.6 is 23.2 Å². The van der Waals surface area contributed by atoms with E-state index in [0.29, 0.717) is 16.4 Å². The summed E-state index contributed by atoms with van der Waals surface area (Å²) in [5, 5.41) is 14.1. The lowest BCUT2D eigenvalue weighted by atomic mass is 10.1. The number of amides is 1. The molecule has 2 rings (SSSR count).